The van der Waals surface area contributed by atoms with E-state index < -0.39 is 5.82 Å². The van der Waals surface area contributed by atoms with Crippen molar-refractivity contribution < 1.29 is 14.2 Å². The normalized spacial score (nSPS) is 9.73. The van der Waals surface area contributed by atoms with Crippen LogP contribution in [-0.2, 0) is 0 Å². The molecular weight excluding hydrogens is 147 g/mol. The Bertz CT molecular complexity index is 248. The van der Waals surface area contributed by atoms with Crippen molar-refractivity contribution >= 4 is 0 Å². The summed E-state index contributed by atoms with van der Waals surface area (Å²) in [5.74, 6) is 0.0556. The van der Waals surface area contributed by atoms with E-state index in [2.05, 4.69) is 0 Å². The lowest BCUT2D eigenvalue weighted by molar-refractivity contribution is 0.382. The van der Waals surface area contributed by atoms with Crippen LogP contribution in [0.1, 0.15) is 5.56 Å². The number of halogens is 1. The summed E-state index contributed by atoms with van der Waals surface area (Å²) in [6, 6.07) is 3.92. The van der Waals surface area contributed by atoms with E-state index in [4.69, 9.17) is 9.84 Å². The van der Waals surface area contributed by atoms with Crippen LogP contribution in [0.5, 0.6) is 5.75 Å². The van der Waals surface area contributed by atoms with Crippen molar-refractivity contribution in [1.29, 1.82) is 0 Å². The molecule has 0 atom stereocenters. The molecule has 2 nitrogen and oxygen atoms in total. The Hall–Kier alpha value is -1.09. The number of benzene rings is 1. The molecule has 1 aromatic carbocycles. The molecule has 0 aromatic heterocycles. The van der Waals surface area contributed by atoms with Crippen molar-refractivity contribution in [2.75, 3.05) is 7.11 Å². The van der Waals surface area contributed by atoms with Gasteiger partial charge in [-0.1, -0.05) is 0 Å². The Labute approximate surface area is 64.2 Å². The average Bonchev–Trinajstić information content (AvgIpc) is 2.04. The number of methoxy groups -OCH3 is 1. The number of hydrogen-bond donors (Lipinski definition) is 1. The molecule has 1 rings (SSSR count). The summed E-state index contributed by atoms with van der Waals surface area (Å²) in [6.45, 7) is 0.807. The molecule has 0 unspecified atom stereocenters. The molecular formula is C8H8FO2. The first kappa shape index (κ1) is 8.01. The highest BCUT2D eigenvalue weighted by molar-refractivity contribution is 5.37. The van der Waals surface area contributed by atoms with Gasteiger partial charge in [-0.25, -0.2) is 4.39 Å². The first-order valence-electron chi connectivity index (χ1n) is 3.09. The minimum absolute atomic E-state index is 0.340. The molecule has 0 aliphatic rings. The Kier molecular flexibility index (Phi) is 2.44. The third-order valence-electron chi connectivity index (χ3n) is 1.33. The largest absolute Gasteiger partial charge is 0.496 e. The van der Waals surface area contributed by atoms with Crippen molar-refractivity contribution in [2.24, 2.45) is 0 Å². The van der Waals surface area contributed by atoms with Crippen LogP contribution in [0.2, 0.25) is 0 Å². The monoisotopic (exact) mass is 155 g/mol. The SMILES string of the molecule is COc1ccc(F)cc1[CH]O. The van der Waals surface area contributed by atoms with Crippen LogP contribution in [0.4, 0.5) is 4.39 Å². The highest BCUT2D eigenvalue weighted by atomic mass is 19.1. The maximum atomic E-state index is 12.5. The zero-order valence-corrected chi connectivity index (χ0v) is 6.04. The third-order valence-corrected chi connectivity index (χ3v) is 1.33. The number of hydrogen-bond acceptors (Lipinski definition) is 2. The maximum absolute atomic E-state index is 12.5. The molecule has 1 aromatic rings. The van der Waals surface area contributed by atoms with Gasteiger partial charge in [0.25, 0.3) is 0 Å². The van der Waals surface area contributed by atoms with E-state index in [1.165, 1.54) is 25.3 Å². The highest BCUT2D eigenvalue weighted by Crippen LogP contribution is 2.19. The van der Waals surface area contributed by atoms with E-state index in [1.54, 1.807) is 0 Å². The lowest BCUT2D eigenvalue weighted by Gasteiger charge is -2.03. The molecule has 0 aliphatic heterocycles. The molecule has 0 saturated heterocycles. The fraction of sp³-hybridized carbons (Fsp3) is 0.125. The molecule has 0 fully saturated rings. The molecule has 1 radical (unpaired) electrons. The molecule has 0 spiro atoms. The van der Waals surface area contributed by atoms with Crippen molar-refractivity contribution in [3.05, 3.63) is 36.2 Å². The first-order valence-corrected chi connectivity index (χ1v) is 3.09. The number of aliphatic hydroxyl groups is 1. The van der Waals surface area contributed by atoms with Crippen LogP contribution in [0.15, 0.2) is 18.2 Å². The second kappa shape index (κ2) is 3.34. The van der Waals surface area contributed by atoms with E-state index in [9.17, 15) is 4.39 Å². The Morgan fingerprint density at radius 1 is 1.55 bits per heavy atom. The second-order valence-corrected chi connectivity index (χ2v) is 2.02. The summed E-state index contributed by atoms with van der Waals surface area (Å²) in [5, 5.41) is 8.60. The summed E-state index contributed by atoms with van der Waals surface area (Å²) in [7, 11) is 1.46. The van der Waals surface area contributed by atoms with Crippen LogP contribution in [0.3, 0.4) is 0 Å². The summed E-state index contributed by atoms with van der Waals surface area (Å²) in [6.07, 6.45) is 0. The molecule has 0 heterocycles. The minimum atomic E-state index is -0.397. The molecule has 1 N–H and O–H groups in total. The van der Waals surface area contributed by atoms with Crippen LogP contribution in [0.25, 0.3) is 0 Å². The standard InChI is InChI=1S/C8H8FO2/c1-11-8-3-2-7(9)4-6(8)5-10/h2-5,10H,1H3. The van der Waals surface area contributed by atoms with E-state index in [-0.39, 0.29) is 0 Å². The van der Waals surface area contributed by atoms with Gasteiger partial charge in [0.05, 0.1) is 7.11 Å². The molecule has 0 aliphatic carbocycles. The molecule has 11 heavy (non-hydrogen) atoms. The zero-order valence-electron chi connectivity index (χ0n) is 6.04. The highest BCUT2D eigenvalue weighted by Gasteiger charge is 2.02. The lowest BCUT2D eigenvalue weighted by Crippen LogP contribution is -1.90. The summed E-state index contributed by atoms with van der Waals surface area (Å²) < 4.78 is 17.3. The second-order valence-electron chi connectivity index (χ2n) is 2.02. The molecule has 0 amide bonds. The topological polar surface area (TPSA) is 29.5 Å². The maximum Gasteiger partial charge on any atom is 0.124 e. The van der Waals surface area contributed by atoms with Crippen molar-refractivity contribution in [3.8, 4) is 5.75 Å². The Balaban J connectivity index is 3.06. The van der Waals surface area contributed by atoms with Crippen LogP contribution in [0, 0.1) is 12.4 Å². The number of rotatable bonds is 2. The van der Waals surface area contributed by atoms with Gasteiger partial charge in [-0.15, -0.1) is 0 Å². The van der Waals surface area contributed by atoms with Crippen molar-refractivity contribution in [1.82, 2.24) is 0 Å². The molecule has 0 bridgehead atoms. The minimum Gasteiger partial charge on any atom is -0.496 e. The van der Waals surface area contributed by atoms with Crippen molar-refractivity contribution in [2.45, 2.75) is 0 Å². The van der Waals surface area contributed by atoms with Gasteiger partial charge in [0.2, 0.25) is 0 Å². The van der Waals surface area contributed by atoms with Gasteiger partial charge >= 0.3 is 0 Å². The number of ether oxygens (including phenoxy) is 1. The van der Waals surface area contributed by atoms with E-state index in [1.807, 2.05) is 0 Å². The number of aliphatic hydroxyl groups excluding tert-OH is 1. The Morgan fingerprint density at radius 2 is 2.27 bits per heavy atom. The third kappa shape index (κ3) is 1.68. The van der Waals surface area contributed by atoms with Crippen LogP contribution in [-0.4, -0.2) is 12.2 Å². The predicted molar refractivity (Wildman–Crippen MR) is 38.3 cm³/mol. The molecule has 3 heteroatoms. The van der Waals surface area contributed by atoms with Gasteiger partial charge < -0.3 is 9.84 Å². The van der Waals surface area contributed by atoms with Crippen molar-refractivity contribution in [3.63, 3.8) is 0 Å². The van der Waals surface area contributed by atoms with Gasteiger partial charge in [-0.3, -0.25) is 0 Å². The smallest absolute Gasteiger partial charge is 0.124 e. The van der Waals surface area contributed by atoms with E-state index in [0.717, 1.165) is 6.61 Å². The van der Waals surface area contributed by atoms with Gasteiger partial charge in [0.15, 0.2) is 0 Å². The average molecular weight is 155 g/mol. The Morgan fingerprint density at radius 3 is 2.82 bits per heavy atom. The first-order chi connectivity index (χ1) is 5.27. The van der Waals surface area contributed by atoms with Crippen LogP contribution >= 0.6 is 0 Å². The summed E-state index contributed by atoms with van der Waals surface area (Å²) >= 11 is 0. The van der Waals surface area contributed by atoms with Crippen LogP contribution < -0.4 is 4.74 Å². The van der Waals surface area contributed by atoms with E-state index >= 15 is 0 Å². The zero-order chi connectivity index (χ0) is 8.27. The summed E-state index contributed by atoms with van der Waals surface area (Å²) in [5.41, 5.74) is 0.340. The molecule has 59 valence electrons. The summed E-state index contributed by atoms with van der Waals surface area (Å²) in [4.78, 5) is 0. The van der Waals surface area contributed by atoms with Gasteiger partial charge in [0, 0.05) is 5.56 Å². The van der Waals surface area contributed by atoms with Gasteiger partial charge in [0.1, 0.15) is 18.2 Å². The lowest BCUT2D eigenvalue weighted by atomic mass is 10.2. The predicted octanol–water partition coefficient (Wildman–Crippen LogP) is 1.72. The van der Waals surface area contributed by atoms with Gasteiger partial charge in [-0.05, 0) is 18.2 Å². The van der Waals surface area contributed by atoms with Gasteiger partial charge in [-0.2, -0.15) is 0 Å². The fourth-order valence-corrected chi connectivity index (χ4v) is 0.806. The fourth-order valence-electron chi connectivity index (χ4n) is 0.806. The quantitative estimate of drug-likeness (QED) is 0.704. The van der Waals surface area contributed by atoms with E-state index in [0.29, 0.717) is 11.3 Å². The molecule has 0 saturated carbocycles.